The van der Waals surface area contributed by atoms with Crippen molar-refractivity contribution >= 4 is 17.9 Å². The number of carboxylic acid groups (broad SMARTS) is 2. The first-order valence-electron chi connectivity index (χ1n) is 9.48. The molecular weight excluding hydrogens is 324 g/mol. The van der Waals surface area contributed by atoms with Gasteiger partial charge in [0, 0.05) is 12.8 Å². The van der Waals surface area contributed by atoms with Crippen molar-refractivity contribution in [2.45, 2.75) is 90.9 Å². The smallest absolute Gasteiger partial charge is 0.313 e. The molecular formula is C19H34O6. The summed E-state index contributed by atoms with van der Waals surface area (Å²) in [6.45, 7) is 3.78. The standard InChI is InChI=1S/C19H34O6/c1-3-5-14-19(4-2,18(23)24)15-25-17(22)13-11-9-7-6-8-10-12-16(20)21/h3-15H2,1-2H3,(H,20,21)(H,23,24). The van der Waals surface area contributed by atoms with Gasteiger partial charge < -0.3 is 14.9 Å². The van der Waals surface area contributed by atoms with Crippen molar-refractivity contribution in [2.24, 2.45) is 5.41 Å². The second-order valence-electron chi connectivity index (χ2n) is 6.72. The minimum absolute atomic E-state index is 0.0488. The van der Waals surface area contributed by atoms with Gasteiger partial charge in [-0.05, 0) is 25.7 Å². The van der Waals surface area contributed by atoms with E-state index in [4.69, 9.17) is 9.84 Å². The summed E-state index contributed by atoms with van der Waals surface area (Å²) in [4.78, 5) is 33.8. The molecule has 0 saturated carbocycles. The molecule has 25 heavy (non-hydrogen) atoms. The molecule has 0 aliphatic heterocycles. The fraction of sp³-hybridized carbons (Fsp3) is 0.842. The summed E-state index contributed by atoms with van der Waals surface area (Å²) >= 11 is 0. The van der Waals surface area contributed by atoms with Crippen molar-refractivity contribution in [2.75, 3.05) is 6.61 Å². The fourth-order valence-electron chi connectivity index (χ4n) is 2.73. The highest BCUT2D eigenvalue weighted by atomic mass is 16.5. The molecule has 0 aliphatic carbocycles. The zero-order valence-corrected chi connectivity index (χ0v) is 15.7. The first-order valence-corrected chi connectivity index (χ1v) is 9.48. The summed E-state index contributed by atoms with van der Waals surface area (Å²) in [5.74, 6) is -1.98. The molecule has 6 heteroatoms. The van der Waals surface area contributed by atoms with Crippen LogP contribution in [0.25, 0.3) is 0 Å². The first-order chi connectivity index (χ1) is 11.9. The van der Waals surface area contributed by atoms with Crippen molar-refractivity contribution in [3.63, 3.8) is 0 Å². The highest BCUT2D eigenvalue weighted by Crippen LogP contribution is 2.30. The number of hydrogen-bond acceptors (Lipinski definition) is 4. The first kappa shape index (κ1) is 23.4. The lowest BCUT2D eigenvalue weighted by Crippen LogP contribution is -2.36. The zero-order chi connectivity index (χ0) is 19.1. The van der Waals surface area contributed by atoms with Gasteiger partial charge in [0.05, 0.1) is 0 Å². The molecule has 1 atom stereocenters. The van der Waals surface area contributed by atoms with Crippen LogP contribution in [0.2, 0.25) is 0 Å². The van der Waals surface area contributed by atoms with Crippen LogP contribution >= 0.6 is 0 Å². The summed E-state index contributed by atoms with van der Waals surface area (Å²) in [6.07, 6.45) is 8.37. The van der Waals surface area contributed by atoms with Crippen LogP contribution in [0, 0.1) is 5.41 Å². The maximum absolute atomic E-state index is 11.8. The van der Waals surface area contributed by atoms with Crippen LogP contribution < -0.4 is 0 Å². The van der Waals surface area contributed by atoms with Gasteiger partial charge in [-0.2, -0.15) is 0 Å². The third kappa shape index (κ3) is 10.8. The van der Waals surface area contributed by atoms with Crippen LogP contribution in [0.15, 0.2) is 0 Å². The number of rotatable bonds is 16. The number of esters is 1. The molecule has 6 nitrogen and oxygen atoms in total. The lowest BCUT2D eigenvalue weighted by Gasteiger charge is -2.27. The van der Waals surface area contributed by atoms with Crippen LogP contribution in [0.1, 0.15) is 90.9 Å². The maximum atomic E-state index is 11.8. The van der Waals surface area contributed by atoms with E-state index in [1.165, 1.54) is 0 Å². The van der Waals surface area contributed by atoms with Gasteiger partial charge in [-0.25, -0.2) is 0 Å². The molecule has 2 N–H and O–H groups in total. The van der Waals surface area contributed by atoms with Crippen LogP contribution in [0.4, 0.5) is 0 Å². The average molecular weight is 358 g/mol. The van der Waals surface area contributed by atoms with Gasteiger partial charge in [0.25, 0.3) is 0 Å². The van der Waals surface area contributed by atoms with Gasteiger partial charge in [-0.3, -0.25) is 14.4 Å². The lowest BCUT2D eigenvalue weighted by molar-refractivity contribution is -0.160. The van der Waals surface area contributed by atoms with Gasteiger partial charge in [-0.15, -0.1) is 0 Å². The van der Waals surface area contributed by atoms with E-state index in [0.717, 1.165) is 44.9 Å². The van der Waals surface area contributed by atoms with Gasteiger partial charge in [0.15, 0.2) is 0 Å². The molecule has 146 valence electrons. The Bertz CT molecular complexity index is 407. The van der Waals surface area contributed by atoms with Gasteiger partial charge in [0.1, 0.15) is 12.0 Å². The van der Waals surface area contributed by atoms with Crippen molar-refractivity contribution in [3.8, 4) is 0 Å². The molecule has 0 aromatic carbocycles. The average Bonchev–Trinajstić information content (AvgIpc) is 2.57. The summed E-state index contributed by atoms with van der Waals surface area (Å²) in [5, 5.41) is 18.0. The van der Waals surface area contributed by atoms with Crippen molar-refractivity contribution in [3.05, 3.63) is 0 Å². The molecule has 0 aliphatic rings. The predicted octanol–water partition coefficient (Wildman–Crippen LogP) is 4.41. The Morgan fingerprint density at radius 3 is 1.88 bits per heavy atom. The second-order valence-corrected chi connectivity index (χ2v) is 6.72. The van der Waals surface area contributed by atoms with Crippen LogP contribution in [-0.2, 0) is 19.1 Å². The van der Waals surface area contributed by atoms with E-state index in [0.29, 0.717) is 25.7 Å². The molecule has 0 spiro atoms. The highest BCUT2D eigenvalue weighted by Gasteiger charge is 2.37. The Morgan fingerprint density at radius 1 is 0.840 bits per heavy atom. The molecule has 0 fully saturated rings. The van der Waals surface area contributed by atoms with Crippen molar-refractivity contribution in [1.29, 1.82) is 0 Å². The molecule has 0 rings (SSSR count). The molecule has 0 aromatic rings. The Kier molecular flexibility index (Phi) is 12.8. The number of aliphatic carboxylic acids is 2. The molecule has 1 unspecified atom stereocenters. The molecule has 0 saturated heterocycles. The number of carbonyl (C=O) groups is 3. The number of ether oxygens (including phenoxy) is 1. The normalized spacial score (nSPS) is 13.2. The number of unbranched alkanes of at least 4 members (excludes halogenated alkanes) is 6. The second kappa shape index (κ2) is 13.7. The number of carboxylic acids is 2. The maximum Gasteiger partial charge on any atom is 0.313 e. The van der Waals surface area contributed by atoms with Crippen LogP contribution in [0.3, 0.4) is 0 Å². The van der Waals surface area contributed by atoms with E-state index in [-0.39, 0.29) is 19.0 Å². The molecule has 0 bridgehead atoms. The number of hydrogen-bond donors (Lipinski definition) is 2. The molecule has 0 radical (unpaired) electrons. The lowest BCUT2D eigenvalue weighted by atomic mass is 9.81. The fourth-order valence-corrected chi connectivity index (χ4v) is 2.73. The minimum atomic E-state index is -0.962. The Hall–Kier alpha value is -1.59. The molecule has 0 heterocycles. The van der Waals surface area contributed by atoms with Gasteiger partial charge >= 0.3 is 17.9 Å². The summed E-state index contributed by atoms with van der Waals surface area (Å²) < 4.78 is 5.24. The monoisotopic (exact) mass is 358 g/mol. The molecule has 0 aromatic heterocycles. The van der Waals surface area contributed by atoms with E-state index < -0.39 is 17.4 Å². The minimum Gasteiger partial charge on any atom is -0.481 e. The largest absolute Gasteiger partial charge is 0.481 e. The summed E-state index contributed by atoms with van der Waals surface area (Å²) in [5.41, 5.74) is -0.962. The Balaban J connectivity index is 3.93. The van der Waals surface area contributed by atoms with E-state index in [2.05, 4.69) is 0 Å². The van der Waals surface area contributed by atoms with Gasteiger partial charge in [-0.1, -0.05) is 52.4 Å². The highest BCUT2D eigenvalue weighted by molar-refractivity contribution is 5.76. The van der Waals surface area contributed by atoms with E-state index in [1.807, 2.05) is 13.8 Å². The molecule has 0 amide bonds. The van der Waals surface area contributed by atoms with Crippen LogP contribution in [-0.4, -0.2) is 34.7 Å². The number of carbonyl (C=O) groups excluding carboxylic acids is 1. The predicted molar refractivity (Wildman–Crippen MR) is 95.4 cm³/mol. The Morgan fingerprint density at radius 2 is 1.40 bits per heavy atom. The summed E-state index contributed by atoms with van der Waals surface area (Å²) in [7, 11) is 0. The van der Waals surface area contributed by atoms with E-state index in [1.54, 1.807) is 0 Å². The van der Waals surface area contributed by atoms with Crippen LogP contribution in [0.5, 0.6) is 0 Å². The Labute approximate surface area is 150 Å². The third-order valence-corrected chi connectivity index (χ3v) is 4.67. The zero-order valence-electron chi connectivity index (χ0n) is 15.7. The quantitative estimate of drug-likeness (QED) is 0.313. The topological polar surface area (TPSA) is 101 Å². The van der Waals surface area contributed by atoms with E-state index in [9.17, 15) is 19.5 Å². The van der Waals surface area contributed by atoms with E-state index >= 15 is 0 Å². The van der Waals surface area contributed by atoms with Gasteiger partial charge in [0.2, 0.25) is 0 Å². The third-order valence-electron chi connectivity index (χ3n) is 4.67. The SMILES string of the molecule is CCCCC(CC)(COC(=O)CCCCCCCCC(=O)O)C(=O)O. The van der Waals surface area contributed by atoms with Crippen molar-refractivity contribution in [1.82, 2.24) is 0 Å². The van der Waals surface area contributed by atoms with Crippen molar-refractivity contribution < 1.29 is 29.3 Å². The summed E-state index contributed by atoms with van der Waals surface area (Å²) in [6, 6.07) is 0.